The zero-order chi connectivity index (χ0) is 25.7. The lowest BCUT2D eigenvalue weighted by atomic mass is 10.2. The van der Waals surface area contributed by atoms with Crippen molar-refractivity contribution in [3.63, 3.8) is 0 Å². The highest BCUT2D eigenvalue weighted by Crippen LogP contribution is 2.36. The molecule has 0 fully saturated rings. The van der Waals surface area contributed by atoms with Crippen molar-refractivity contribution >= 4 is 58.6 Å². The van der Waals surface area contributed by atoms with E-state index in [1.54, 1.807) is 42.5 Å². The number of carboxylic acid groups (broad SMARTS) is 1. The van der Waals surface area contributed by atoms with Crippen LogP contribution in [0.4, 0.5) is 0 Å². The van der Waals surface area contributed by atoms with Crippen molar-refractivity contribution in [3.8, 4) is 23.0 Å². The fourth-order valence-electron chi connectivity index (χ4n) is 3.11. The Hall–Kier alpha value is -3.17. The summed E-state index contributed by atoms with van der Waals surface area (Å²) in [6, 6.07) is 17.1. The normalized spacial score (nSPS) is 11.4. The molecule has 0 bridgehead atoms. The number of benzene rings is 3. The third-order valence-corrected chi connectivity index (χ3v) is 6.50. The smallest absolute Gasteiger partial charge is 0.342 e. The van der Waals surface area contributed by atoms with Crippen LogP contribution in [-0.2, 0) is 11.4 Å². The summed E-state index contributed by atoms with van der Waals surface area (Å²) in [5.41, 5.74) is 1.72. The topological polar surface area (TPSA) is 94.7 Å². The molecule has 0 aliphatic rings. The second kappa shape index (κ2) is 11.7. The van der Waals surface area contributed by atoms with Crippen molar-refractivity contribution in [2.45, 2.75) is 11.8 Å². The van der Waals surface area contributed by atoms with Crippen LogP contribution in [0.1, 0.15) is 11.1 Å². The van der Waals surface area contributed by atoms with Crippen molar-refractivity contribution in [2.75, 3.05) is 7.11 Å². The number of methoxy groups -OCH3 is 1. The first kappa shape index (κ1) is 25.9. The molecule has 0 amide bonds. The number of rotatable bonds is 9. The number of carboxylic acids is 1. The van der Waals surface area contributed by atoms with E-state index in [1.807, 2.05) is 18.2 Å². The van der Waals surface area contributed by atoms with Crippen LogP contribution in [0.15, 0.2) is 75.2 Å². The quantitative estimate of drug-likeness (QED) is 0.165. The average Bonchev–Trinajstić information content (AvgIpc) is 3.32. The van der Waals surface area contributed by atoms with E-state index in [-0.39, 0.29) is 22.6 Å². The van der Waals surface area contributed by atoms with Gasteiger partial charge < -0.3 is 19.0 Å². The Morgan fingerprint density at radius 2 is 1.75 bits per heavy atom. The minimum Gasteiger partial charge on any atom is -0.496 e. The minimum atomic E-state index is -1.20. The van der Waals surface area contributed by atoms with E-state index in [1.165, 1.54) is 13.2 Å². The number of halogens is 3. The molecule has 0 saturated carbocycles. The highest BCUT2D eigenvalue weighted by atomic mass is 35.5. The van der Waals surface area contributed by atoms with Gasteiger partial charge in [-0.1, -0.05) is 53.0 Å². The predicted octanol–water partition coefficient (Wildman–Crippen LogP) is 7.50. The molecule has 7 nitrogen and oxygen atoms in total. The molecule has 3 aromatic carbocycles. The van der Waals surface area contributed by atoms with Crippen molar-refractivity contribution in [1.82, 2.24) is 10.2 Å². The molecule has 0 unspecified atom stereocenters. The molecule has 0 saturated heterocycles. The molecule has 184 valence electrons. The van der Waals surface area contributed by atoms with E-state index in [0.717, 1.165) is 17.3 Å². The number of nitrogens with zero attached hydrogens (tertiary/aromatic N) is 2. The molecule has 4 rings (SSSR count). The van der Waals surface area contributed by atoms with Crippen LogP contribution in [0.2, 0.25) is 15.1 Å². The lowest BCUT2D eigenvalue weighted by molar-refractivity contribution is -0.131. The fraction of sp³-hybridized carbons (Fsp3) is 0.0800. The molecule has 4 aromatic rings. The van der Waals surface area contributed by atoms with Gasteiger partial charge >= 0.3 is 5.97 Å². The van der Waals surface area contributed by atoms with Gasteiger partial charge in [-0.15, -0.1) is 10.2 Å². The summed E-state index contributed by atoms with van der Waals surface area (Å²) in [4.78, 5) is 12.0. The Morgan fingerprint density at radius 3 is 2.47 bits per heavy atom. The standard InChI is InChI=1S/C25H17Cl3N2O5S/c1-33-21-9-7-17(27)12-18(21)23-29-30-25(35-23)36-22(24(31)32)11-15-10-16(26)6-8-20(15)34-13-14-4-2-3-5-19(14)28/h2-12H,13H2,1H3,(H,31,32)/b22-11-. The minimum absolute atomic E-state index is 0.0150. The van der Waals surface area contributed by atoms with E-state index in [0.29, 0.717) is 37.7 Å². The second-order valence-corrected chi connectivity index (χ2v) is 9.47. The fourth-order valence-corrected chi connectivity index (χ4v) is 4.32. The van der Waals surface area contributed by atoms with Crippen molar-refractivity contribution < 1.29 is 23.8 Å². The van der Waals surface area contributed by atoms with Gasteiger partial charge in [0.2, 0.25) is 0 Å². The summed E-state index contributed by atoms with van der Waals surface area (Å²) < 4.78 is 16.9. The molecular weight excluding hydrogens is 547 g/mol. The Labute approximate surface area is 225 Å². The zero-order valence-electron chi connectivity index (χ0n) is 18.6. The summed E-state index contributed by atoms with van der Waals surface area (Å²) >= 11 is 19.2. The Morgan fingerprint density at radius 1 is 1.03 bits per heavy atom. The van der Waals surface area contributed by atoms with E-state index in [2.05, 4.69) is 10.2 Å². The van der Waals surface area contributed by atoms with E-state index in [4.69, 9.17) is 48.7 Å². The summed E-state index contributed by atoms with van der Waals surface area (Å²) in [5, 5.41) is 19.2. The highest BCUT2D eigenvalue weighted by molar-refractivity contribution is 8.03. The van der Waals surface area contributed by atoms with Gasteiger partial charge in [0, 0.05) is 26.2 Å². The Balaban J connectivity index is 1.61. The van der Waals surface area contributed by atoms with E-state index >= 15 is 0 Å². The SMILES string of the molecule is COc1ccc(Cl)cc1-c1nnc(S/C(=C\c2cc(Cl)ccc2OCc2ccccc2Cl)C(=O)O)o1. The van der Waals surface area contributed by atoms with Gasteiger partial charge in [-0.3, -0.25) is 0 Å². The number of ether oxygens (including phenoxy) is 2. The molecule has 36 heavy (non-hydrogen) atoms. The maximum atomic E-state index is 12.0. The highest BCUT2D eigenvalue weighted by Gasteiger charge is 2.19. The predicted molar refractivity (Wildman–Crippen MR) is 140 cm³/mol. The summed E-state index contributed by atoms with van der Waals surface area (Å²) in [6.07, 6.45) is 1.42. The van der Waals surface area contributed by atoms with Crippen LogP contribution in [-0.4, -0.2) is 28.4 Å². The van der Waals surface area contributed by atoms with Crippen LogP contribution in [0, 0.1) is 0 Å². The lowest BCUT2D eigenvalue weighted by Crippen LogP contribution is -2.00. The molecule has 0 radical (unpaired) electrons. The van der Waals surface area contributed by atoms with Crippen molar-refractivity contribution in [3.05, 3.63) is 91.8 Å². The molecule has 0 aliphatic carbocycles. The van der Waals surface area contributed by atoms with Crippen LogP contribution in [0.5, 0.6) is 11.5 Å². The van der Waals surface area contributed by atoms with Gasteiger partial charge in [0.1, 0.15) is 23.0 Å². The monoisotopic (exact) mass is 562 g/mol. The molecule has 0 spiro atoms. The second-order valence-electron chi connectivity index (χ2n) is 7.20. The summed E-state index contributed by atoms with van der Waals surface area (Å²) in [7, 11) is 1.50. The third kappa shape index (κ3) is 6.33. The summed E-state index contributed by atoms with van der Waals surface area (Å²) in [6.45, 7) is 0.187. The average molecular weight is 564 g/mol. The molecule has 11 heteroatoms. The first-order chi connectivity index (χ1) is 17.3. The van der Waals surface area contributed by atoms with Crippen LogP contribution in [0.3, 0.4) is 0 Å². The van der Waals surface area contributed by atoms with Crippen LogP contribution < -0.4 is 9.47 Å². The van der Waals surface area contributed by atoms with Gasteiger partial charge in [-0.25, -0.2) is 4.79 Å². The molecule has 1 heterocycles. The van der Waals surface area contributed by atoms with Crippen LogP contribution in [0.25, 0.3) is 17.5 Å². The largest absolute Gasteiger partial charge is 0.496 e. The number of hydrogen-bond donors (Lipinski definition) is 1. The number of aliphatic carboxylic acids is 1. The van der Waals surface area contributed by atoms with Gasteiger partial charge in [-0.05, 0) is 60.3 Å². The number of thioether (sulfide) groups is 1. The van der Waals surface area contributed by atoms with Gasteiger partial charge in [0.25, 0.3) is 11.1 Å². The molecule has 0 aliphatic heterocycles. The zero-order valence-corrected chi connectivity index (χ0v) is 21.7. The third-order valence-electron chi connectivity index (χ3n) is 4.81. The molecular formula is C25H17Cl3N2O5S. The molecule has 1 N–H and O–H groups in total. The summed E-state index contributed by atoms with van der Waals surface area (Å²) in [5.74, 6) is -0.161. The van der Waals surface area contributed by atoms with E-state index < -0.39 is 5.97 Å². The molecule has 1 aromatic heterocycles. The maximum Gasteiger partial charge on any atom is 0.342 e. The Kier molecular flexibility index (Phi) is 8.43. The van der Waals surface area contributed by atoms with Gasteiger partial charge in [-0.2, -0.15) is 0 Å². The van der Waals surface area contributed by atoms with Gasteiger partial charge in [0.05, 0.1) is 12.7 Å². The first-order valence-electron chi connectivity index (χ1n) is 10.3. The molecule has 0 atom stereocenters. The van der Waals surface area contributed by atoms with Crippen LogP contribution >= 0.6 is 46.6 Å². The number of carbonyl (C=O) groups is 1. The lowest BCUT2D eigenvalue weighted by Gasteiger charge is -2.11. The first-order valence-corrected chi connectivity index (χ1v) is 12.2. The van der Waals surface area contributed by atoms with E-state index in [9.17, 15) is 9.90 Å². The maximum absolute atomic E-state index is 12.0. The number of hydrogen-bond acceptors (Lipinski definition) is 7. The Bertz CT molecular complexity index is 1440. The number of aromatic nitrogens is 2. The van der Waals surface area contributed by atoms with Gasteiger partial charge in [0.15, 0.2) is 0 Å². The van der Waals surface area contributed by atoms with Crippen molar-refractivity contribution in [1.29, 1.82) is 0 Å². The van der Waals surface area contributed by atoms with Crippen molar-refractivity contribution in [2.24, 2.45) is 0 Å².